The van der Waals surface area contributed by atoms with Crippen molar-refractivity contribution in [2.24, 2.45) is 0 Å². The highest BCUT2D eigenvalue weighted by Crippen LogP contribution is 2.28. The quantitative estimate of drug-likeness (QED) is 0.375. The Hall–Kier alpha value is -3.24. The van der Waals surface area contributed by atoms with Crippen molar-refractivity contribution in [3.63, 3.8) is 0 Å². The van der Waals surface area contributed by atoms with Gasteiger partial charge in [-0.2, -0.15) is 0 Å². The summed E-state index contributed by atoms with van der Waals surface area (Å²) in [6.45, 7) is 3.58. The zero-order chi connectivity index (χ0) is 20.8. The molecule has 0 bridgehead atoms. The number of fused-ring (bicyclic) bond motifs is 1. The third kappa shape index (κ3) is 3.59. The first kappa shape index (κ1) is 19.1. The number of hydrogen-bond donors (Lipinski definition) is 1. The molecule has 148 valence electrons. The molecule has 2 aromatic heterocycles. The molecule has 0 saturated carbocycles. The van der Waals surface area contributed by atoms with Crippen LogP contribution in [0.15, 0.2) is 58.9 Å². The highest BCUT2D eigenvalue weighted by atomic mass is 32.2. The molecule has 4 aromatic rings. The van der Waals surface area contributed by atoms with E-state index < -0.39 is 14.9 Å². The lowest BCUT2D eigenvalue weighted by Crippen LogP contribution is -2.14. The van der Waals surface area contributed by atoms with Crippen LogP contribution in [-0.2, 0) is 10.0 Å². The van der Waals surface area contributed by atoms with Crippen molar-refractivity contribution in [1.82, 2.24) is 9.38 Å². The fourth-order valence-corrected chi connectivity index (χ4v) is 5.14. The summed E-state index contributed by atoms with van der Waals surface area (Å²) in [5.74, 6) is 0. The lowest BCUT2D eigenvalue weighted by Gasteiger charge is -2.11. The van der Waals surface area contributed by atoms with Crippen molar-refractivity contribution in [2.75, 3.05) is 4.72 Å². The average molecular weight is 428 g/mol. The number of nitro groups is 1. The lowest BCUT2D eigenvalue weighted by atomic mass is 10.1. The Morgan fingerprint density at radius 1 is 1.17 bits per heavy atom. The number of anilines is 1. The van der Waals surface area contributed by atoms with Crippen molar-refractivity contribution in [3.8, 4) is 11.3 Å². The first-order chi connectivity index (χ1) is 13.7. The molecular weight excluding hydrogens is 412 g/mol. The number of thiazole rings is 1. The Bertz CT molecular complexity index is 1360. The van der Waals surface area contributed by atoms with Gasteiger partial charge in [-0.3, -0.25) is 19.2 Å². The third-order valence-electron chi connectivity index (χ3n) is 4.47. The summed E-state index contributed by atoms with van der Waals surface area (Å²) < 4.78 is 30.2. The van der Waals surface area contributed by atoms with Gasteiger partial charge in [0, 0.05) is 40.7 Å². The molecule has 2 aromatic carbocycles. The van der Waals surface area contributed by atoms with Crippen molar-refractivity contribution in [2.45, 2.75) is 18.7 Å². The van der Waals surface area contributed by atoms with Crippen LogP contribution in [0.25, 0.3) is 16.2 Å². The van der Waals surface area contributed by atoms with Gasteiger partial charge in [-0.25, -0.2) is 13.4 Å². The molecule has 0 spiro atoms. The van der Waals surface area contributed by atoms with Crippen molar-refractivity contribution >= 4 is 37.7 Å². The van der Waals surface area contributed by atoms with Crippen molar-refractivity contribution < 1.29 is 13.3 Å². The van der Waals surface area contributed by atoms with Gasteiger partial charge in [-0.1, -0.05) is 18.2 Å². The second kappa shape index (κ2) is 6.98. The molecule has 2 heterocycles. The number of nitrogens with one attached hydrogen (secondary N) is 1. The van der Waals surface area contributed by atoms with E-state index in [2.05, 4.69) is 9.71 Å². The van der Waals surface area contributed by atoms with Gasteiger partial charge in [-0.15, -0.1) is 11.3 Å². The second-order valence-electron chi connectivity index (χ2n) is 6.55. The first-order valence-corrected chi connectivity index (χ1v) is 10.9. The van der Waals surface area contributed by atoms with E-state index in [1.807, 2.05) is 29.0 Å². The van der Waals surface area contributed by atoms with Crippen LogP contribution in [0, 0.1) is 24.0 Å². The van der Waals surface area contributed by atoms with Crippen LogP contribution < -0.4 is 4.72 Å². The van der Waals surface area contributed by atoms with Crippen LogP contribution in [-0.4, -0.2) is 22.7 Å². The number of sulfonamides is 1. The van der Waals surface area contributed by atoms with Gasteiger partial charge < -0.3 is 0 Å². The molecule has 8 nitrogen and oxygen atoms in total. The molecule has 0 radical (unpaired) electrons. The Labute approximate surface area is 170 Å². The van der Waals surface area contributed by atoms with E-state index in [-0.39, 0.29) is 10.6 Å². The van der Waals surface area contributed by atoms with Gasteiger partial charge in [0.25, 0.3) is 15.7 Å². The predicted octanol–water partition coefficient (Wildman–Crippen LogP) is 4.39. The summed E-state index contributed by atoms with van der Waals surface area (Å²) in [4.78, 5) is 15.7. The minimum absolute atomic E-state index is 0.129. The van der Waals surface area contributed by atoms with Crippen LogP contribution in [0.2, 0.25) is 0 Å². The van der Waals surface area contributed by atoms with E-state index >= 15 is 0 Å². The number of hydrogen-bond acceptors (Lipinski definition) is 6. The third-order valence-corrected chi connectivity index (χ3v) is 6.95. The van der Waals surface area contributed by atoms with Gasteiger partial charge in [0.05, 0.1) is 15.5 Å². The van der Waals surface area contributed by atoms with Gasteiger partial charge >= 0.3 is 0 Å². The Morgan fingerprint density at radius 3 is 2.69 bits per heavy atom. The van der Waals surface area contributed by atoms with Crippen molar-refractivity contribution in [3.05, 3.63) is 75.4 Å². The van der Waals surface area contributed by atoms with Crippen molar-refractivity contribution in [1.29, 1.82) is 0 Å². The molecule has 0 amide bonds. The zero-order valence-electron chi connectivity index (χ0n) is 15.5. The molecule has 0 atom stereocenters. The number of aryl methyl sites for hydroxylation is 2. The highest BCUT2D eigenvalue weighted by molar-refractivity contribution is 7.92. The molecule has 0 unspecified atom stereocenters. The summed E-state index contributed by atoms with van der Waals surface area (Å²) in [6.07, 6.45) is 1.90. The van der Waals surface area contributed by atoms with E-state index in [9.17, 15) is 18.5 Å². The number of rotatable bonds is 5. The SMILES string of the molecule is Cc1ccc([N+](=O)[O-])cc1S(=O)(=O)Nc1cccc(-c2cn3c(C)csc3n2)c1. The monoisotopic (exact) mass is 428 g/mol. The molecule has 0 aliphatic rings. The molecule has 0 aliphatic carbocycles. The first-order valence-electron chi connectivity index (χ1n) is 8.56. The standard InChI is InChI=1S/C19H16N4O4S2/c1-12-6-7-16(23(24)25)9-18(12)29(26,27)21-15-5-3-4-14(8-15)17-10-22-13(2)11-28-19(22)20-17/h3-11,21H,1-2H3. The molecule has 0 aliphatic heterocycles. The molecule has 10 heteroatoms. The molecule has 0 fully saturated rings. The molecule has 29 heavy (non-hydrogen) atoms. The number of nitro benzene ring substituents is 1. The molecule has 4 rings (SSSR count). The largest absolute Gasteiger partial charge is 0.294 e. The summed E-state index contributed by atoms with van der Waals surface area (Å²) in [5, 5.41) is 13.0. The van der Waals surface area contributed by atoms with Crippen LogP contribution in [0.5, 0.6) is 0 Å². The number of benzene rings is 2. The summed E-state index contributed by atoms with van der Waals surface area (Å²) in [5.41, 5.74) is 3.05. The number of aromatic nitrogens is 2. The smallest absolute Gasteiger partial charge is 0.270 e. The van der Waals surface area contributed by atoms with Crippen LogP contribution in [0.3, 0.4) is 0 Å². The molecular formula is C19H16N4O4S2. The van der Waals surface area contributed by atoms with Gasteiger partial charge in [0.1, 0.15) is 0 Å². The Balaban J connectivity index is 1.68. The average Bonchev–Trinajstić information content (AvgIpc) is 3.24. The van der Waals surface area contributed by atoms with Gasteiger partial charge in [0.2, 0.25) is 0 Å². The Morgan fingerprint density at radius 2 is 1.97 bits per heavy atom. The van der Waals surface area contributed by atoms with E-state index in [0.717, 1.165) is 28.0 Å². The molecule has 0 saturated heterocycles. The van der Waals surface area contributed by atoms with Crippen LogP contribution in [0.4, 0.5) is 11.4 Å². The lowest BCUT2D eigenvalue weighted by molar-refractivity contribution is -0.385. The molecule has 1 N–H and O–H groups in total. The summed E-state index contributed by atoms with van der Waals surface area (Å²) in [7, 11) is -4.00. The second-order valence-corrected chi connectivity index (χ2v) is 9.04. The van der Waals surface area contributed by atoms with Gasteiger partial charge in [-0.05, 0) is 31.5 Å². The fourth-order valence-electron chi connectivity index (χ4n) is 2.98. The normalized spacial score (nSPS) is 11.7. The van der Waals surface area contributed by atoms with E-state index in [1.54, 1.807) is 25.1 Å². The minimum Gasteiger partial charge on any atom is -0.294 e. The van der Waals surface area contributed by atoms with E-state index in [1.165, 1.54) is 23.5 Å². The minimum atomic E-state index is -4.00. The number of non-ortho nitro benzene ring substituents is 1. The van der Waals surface area contributed by atoms with Crippen LogP contribution in [0.1, 0.15) is 11.3 Å². The maximum Gasteiger partial charge on any atom is 0.270 e. The van der Waals surface area contributed by atoms with Gasteiger partial charge in [0.15, 0.2) is 4.96 Å². The van der Waals surface area contributed by atoms with Crippen LogP contribution >= 0.6 is 11.3 Å². The summed E-state index contributed by atoms with van der Waals surface area (Å²) in [6, 6.07) is 10.6. The topological polar surface area (TPSA) is 107 Å². The maximum atomic E-state index is 12.8. The summed E-state index contributed by atoms with van der Waals surface area (Å²) >= 11 is 1.53. The van der Waals surface area contributed by atoms with E-state index in [4.69, 9.17) is 0 Å². The predicted molar refractivity (Wildman–Crippen MR) is 112 cm³/mol. The Kier molecular flexibility index (Phi) is 4.59. The number of nitrogens with zero attached hydrogens (tertiary/aromatic N) is 3. The highest BCUT2D eigenvalue weighted by Gasteiger charge is 2.21. The number of imidazole rings is 1. The maximum absolute atomic E-state index is 12.8. The fraction of sp³-hybridized carbons (Fsp3) is 0.105. The van der Waals surface area contributed by atoms with E-state index in [0.29, 0.717) is 11.3 Å². The zero-order valence-corrected chi connectivity index (χ0v) is 17.1.